The smallest absolute Gasteiger partial charge is 0.599 e. The summed E-state index contributed by atoms with van der Waals surface area (Å²) in [5, 5.41) is 79.4. The van der Waals surface area contributed by atoms with E-state index in [4.69, 9.17) is 24.6 Å². The minimum atomic E-state index is -2.98. The molecule has 2 fully saturated rings. The van der Waals surface area contributed by atoms with Gasteiger partial charge in [-0.15, -0.1) is 0 Å². The van der Waals surface area contributed by atoms with E-state index in [0.29, 0.717) is 17.8 Å². The Kier molecular flexibility index (Phi) is 25.5. The highest BCUT2D eigenvalue weighted by molar-refractivity contribution is 6.68. The van der Waals surface area contributed by atoms with Crippen molar-refractivity contribution in [3.05, 3.63) is 108 Å². The number of carboxylic acid groups (broad SMARTS) is 4. The van der Waals surface area contributed by atoms with Crippen molar-refractivity contribution >= 4 is 73.0 Å². The van der Waals surface area contributed by atoms with E-state index in [1.54, 1.807) is 30.3 Å². The lowest BCUT2D eigenvalue weighted by molar-refractivity contribution is -0.808. The molecule has 0 radical (unpaired) electrons. The van der Waals surface area contributed by atoms with E-state index in [2.05, 4.69) is 20.6 Å². The number of aliphatic hydroxyl groups is 2. The molecule has 2 aliphatic heterocycles. The van der Waals surface area contributed by atoms with Gasteiger partial charge < -0.3 is 65.0 Å². The molecule has 84 heavy (non-hydrogen) atoms. The number of fused-ring (bicyclic) bond motifs is 1. The van der Waals surface area contributed by atoms with Crippen molar-refractivity contribution in [2.45, 2.75) is 91.3 Å². The standard InChI is InChI=1S/C28H34BN3O9.C22H29BN2O5.C6H9NO6/c1-17(2)12-24(29-32(14-25(35)36,15-26(37)40-29)16-27(38)41-29)31-28(39)20(18(3)33)13-23(34)22-11-7-10-21(30-22)19-8-5-4-6-9-19;1-14(2)12-21(23(29)30)25-22(28)17(15(3)26)13-20(27)19-11-7-10-18(24-19)16-8-5-4-6-9-16;8-4(9)1-7(2-5(10)11)3-6(12)13/h4-11,17-18,20,24,33H,12-16H2,1-3H3,(H,31,39)(H,35,36);4-11,14-15,17,21,26,29-30H,12-13H2,1-3H3,(H,25,28);1-3H2,(H,8,9)(H,10,11)(H,12,13)/t18-,20-,24-,29?,32?;15-,17-,21-;/m00./s1. The first-order valence-corrected chi connectivity index (χ1v) is 26.9. The number of quaternary nitrogens is 1. The largest absolute Gasteiger partial charge is 0.606 e. The number of amides is 2. The lowest BCUT2D eigenvalue weighted by atomic mass is 9.57. The first-order valence-electron chi connectivity index (χ1n) is 26.9. The minimum Gasteiger partial charge on any atom is -0.599 e. The average molecular weight is 1170 g/mol. The molecule has 0 aliphatic carbocycles. The fourth-order valence-electron chi connectivity index (χ4n) is 9.80. The quantitative estimate of drug-likeness (QED) is 0.0286. The Morgan fingerprint density at radius 1 is 0.571 bits per heavy atom. The summed E-state index contributed by atoms with van der Waals surface area (Å²) >= 11 is 0. The number of nitrogens with one attached hydrogen (secondary N) is 2. The molecule has 0 spiro atoms. The molecule has 4 heterocycles. The fourth-order valence-corrected chi connectivity index (χ4v) is 9.80. The van der Waals surface area contributed by atoms with Crippen molar-refractivity contribution in [1.82, 2.24) is 25.5 Å². The van der Waals surface area contributed by atoms with E-state index in [1.165, 1.54) is 19.9 Å². The molecule has 0 bridgehead atoms. The van der Waals surface area contributed by atoms with Gasteiger partial charge >= 0.3 is 49.6 Å². The molecule has 6 rings (SSSR count). The summed E-state index contributed by atoms with van der Waals surface area (Å²) in [7, 11) is -1.73. The van der Waals surface area contributed by atoms with Gasteiger partial charge in [0.25, 0.3) is 0 Å². The van der Waals surface area contributed by atoms with Crippen LogP contribution in [0.1, 0.15) is 88.2 Å². The number of carbonyl (C=O) groups excluding carboxylic acids is 6. The number of pyridine rings is 2. The highest BCUT2D eigenvalue weighted by Gasteiger charge is 2.71. The van der Waals surface area contributed by atoms with Crippen LogP contribution in [-0.4, -0.2) is 196 Å². The predicted octanol–water partition coefficient (Wildman–Crippen LogP) is 1.75. The number of carbonyl (C=O) groups is 10. The normalized spacial score (nSPS) is 18.2. The Bertz CT molecular complexity index is 2910. The van der Waals surface area contributed by atoms with Crippen LogP contribution in [0.2, 0.25) is 0 Å². The number of nitrogens with zero attached hydrogens (tertiary/aromatic N) is 4. The Hall–Kier alpha value is -8.27. The van der Waals surface area contributed by atoms with Gasteiger partial charge in [-0.2, -0.15) is 0 Å². The molecular formula is C56H72B2N6O20. The summed E-state index contributed by atoms with van der Waals surface area (Å²) in [6.07, 6.45) is -2.45. The number of aliphatic hydroxyl groups excluding tert-OH is 2. The molecule has 0 unspecified atom stereocenters. The van der Waals surface area contributed by atoms with Crippen LogP contribution in [0, 0.1) is 23.7 Å². The molecule has 452 valence electrons. The molecule has 2 aromatic heterocycles. The van der Waals surface area contributed by atoms with E-state index in [0.717, 1.165) is 16.0 Å². The summed E-state index contributed by atoms with van der Waals surface area (Å²) in [4.78, 5) is 129. The van der Waals surface area contributed by atoms with E-state index >= 15 is 0 Å². The number of aromatic nitrogens is 2. The number of Topliss-reactive ketones (excluding diaryl/α,β-unsaturated/α-hetero) is 2. The number of rotatable bonds is 28. The van der Waals surface area contributed by atoms with Crippen LogP contribution in [-0.2, 0) is 47.7 Å². The van der Waals surface area contributed by atoms with Crippen molar-refractivity contribution < 1.29 is 102 Å². The Balaban J connectivity index is 0.000000307. The molecule has 28 heteroatoms. The number of aliphatic carboxylic acids is 4. The number of hydrogen-bond donors (Lipinski definition) is 10. The SMILES string of the molecule is CC(C)C[C@H](NC(=O)[C@@H](CC(=O)c1cccc(-c2ccccc2)n1)[C@H](C)O)B(O)O.CC(C)C[C@H](NC(=O)[C@@H](CC(=O)c1cccc(-c2ccccc2)n1)[C@H](C)O)[B-]12OC(=O)C[N+]1(CC(=O)O)CC(=O)O2.O=C(O)CN(CC(=O)O)CC(=O)O. The molecule has 4 aromatic rings. The third-order valence-corrected chi connectivity index (χ3v) is 13.6. The predicted molar refractivity (Wildman–Crippen MR) is 300 cm³/mol. The van der Waals surface area contributed by atoms with Crippen LogP contribution in [0.5, 0.6) is 0 Å². The Morgan fingerprint density at radius 3 is 1.31 bits per heavy atom. The van der Waals surface area contributed by atoms with Crippen molar-refractivity contribution in [2.75, 3.05) is 39.3 Å². The van der Waals surface area contributed by atoms with Crippen LogP contribution in [0.4, 0.5) is 0 Å². The maximum atomic E-state index is 13.6. The summed E-state index contributed by atoms with van der Waals surface area (Å²) in [5.41, 5.74) is 3.22. The summed E-state index contributed by atoms with van der Waals surface area (Å²) in [6.45, 7) is 4.07. The van der Waals surface area contributed by atoms with E-state index in [1.807, 2.05) is 88.4 Å². The molecule has 2 aliphatic rings. The zero-order valence-electron chi connectivity index (χ0n) is 47.3. The first kappa shape index (κ1) is 68.2. The molecule has 2 saturated heterocycles. The van der Waals surface area contributed by atoms with Crippen LogP contribution in [0.15, 0.2) is 97.1 Å². The van der Waals surface area contributed by atoms with Crippen LogP contribution >= 0.6 is 0 Å². The second-order valence-corrected chi connectivity index (χ2v) is 21.5. The van der Waals surface area contributed by atoms with Gasteiger partial charge in [-0.05, 0) is 62.8 Å². The fraction of sp³-hybridized carbons (Fsp3) is 0.429. The van der Waals surface area contributed by atoms with Gasteiger partial charge in [-0.1, -0.05) is 100 Å². The first-order chi connectivity index (χ1) is 39.5. The van der Waals surface area contributed by atoms with E-state index < -0.39 is 147 Å². The number of carboxylic acids is 4. The van der Waals surface area contributed by atoms with Gasteiger partial charge in [0.05, 0.1) is 66.9 Å². The van der Waals surface area contributed by atoms with Gasteiger partial charge in [0, 0.05) is 24.0 Å². The van der Waals surface area contributed by atoms with Crippen molar-refractivity contribution in [1.29, 1.82) is 0 Å². The maximum absolute atomic E-state index is 13.6. The molecular weight excluding hydrogens is 1100 g/mol. The second-order valence-electron chi connectivity index (χ2n) is 21.5. The number of hydrogen-bond acceptors (Lipinski definition) is 19. The topological polar surface area (TPSA) is 404 Å². The molecule has 6 atom stereocenters. The number of ketones is 2. The summed E-state index contributed by atoms with van der Waals surface area (Å²) in [5.74, 6) is -12.9. The van der Waals surface area contributed by atoms with Crippen LogP contribution in [0.3, 0.4) is 0 Å². The van der Waals surface area contributed by atoms with E-state index in [-0.39, 0.29) is 48.3 Å². The molecule has 0 saturated carbocycles. The molecule has 26 nitrogen and oxygen atoms in total. The van der Waals surface area contributed by atoms with E-state index in [9.17, 15) is 73.3 Å². The lowest BCUT2D eigenvalue weighted by Gasteiger charge is -2.46. The second kappa shape index (κ2) is 31.4. The monoisotopic (exact) mass is 1170 g/mol. The van der Waals surface area contributed by atoms with Crippen LogP contribution in [0.25, 0.3) is 22.5 Å². The zero-order chi connectivity index (χ0) is 62.6. The Morgan fingerprint density at radius 2 is 0.964 bits per heavy atom. The maximum Gasteiger partial charge on any atom is 0.606 e. The van der Waals surface area contributed by atoms with Crippen LogP contribution < -0.4 is 10.6 Å². The number of benzene rings is 2. The molecule has 10 N–H and O–H groups in total. The minimum absolute atomic E-state index is 0.0987. The van der Waals surface area contributed by atoms with Gasteiger partial charge in [-0.3, -0.25) is 48.1 Å². The van der Waals surface area contributed by atoms with Crippen molar-refractivity contribution in [3.8, 4) is 22.5 Å². The van der Waals surface area contributed by atoms with Crippen molar-refractivity contribution in [3.63, 3.8) is 0 Å². The zero-order valence-corrected chi connectivity index (χ0v) is 47.3. The molecule has 2 amide bonds. The van der Waals surface area contributed by atoms with Gasteiger partial charge in [0.1, 0.15) is 31.0 Å². The average Bonchev–Trinajstić information content (AvgIpc) is 1.59. The van der Waals surface area contributed by atoms with Gasteiger partial charge in [-0.25, -0.2) is 14.8 Å². The van der Waals surface area contributed by atoms with Gasteiger partial charge in [0.2, 0.25) is 11.8 Å². The highest BCUT2D eigenvalue weighted by Crippen LogP contribution is 2.40. The van der Waals surface area contributed by atoms with Gasteiger partial charge in [0.15, 0.2) is 11.6 Å². The van der Waals surface area contributed by atoms with Crippen molar-refractivity contribution in [2.24, 2.45) is 23.7 Å². The summed E-state index contributed by atoms with van der Waals surface area (Å²) in [6, 6.07) is 28.8. The third kappa shape index (κ3) is 20.0. The third-order valence-electron chi connectivity index (χ3n) is 13.6. The highest BCUT2D eigenvalue weighted by atomic mass is 16.7. The Labute approximate surface area is 484 Å². The lowest BCUT2D eigenvalue weighted by Crippen LogP contribution is -2.74. The summed E-state index contributed by atoms with van der Waals surface area (Å²) < 4.78 is 10.6. The molecule has 2 aromatic carbocycles.